The summed E-state index contributed by atoms with van der Waals surface area (Å²) in [5.74, 6) is -1.25. The van der Waals surface area contributed by atoms with Crippen LogP contribution in [0.5, 0.6) is 0 Å². The lowest BCUT2D eigenvalue weighted by Gasteiger charge is -2.13. The van der Waals surface area contributed by atoms with E-state index in [0.29, 0.717) is 23.3 Å². The number of ether oxygens (including phenoxy) is 2. The van der Waals surface area contributed by atoms with Crippen LogP contribution in [0, 0.1) is 0 Å². The molecule has 0 saturated carbocycles. The van der Waals surface area contributed by atoms with Crippen LogP contribution in [0.25, 0.3) is 0 Å². The molecule has 1 rings (SSSR count). The smallest absolute Gasteiger partial charge is 0.338 e. The number of hydrogen-bond donors (Lipinski definition) is 1. The maximum atomic E-state index is 11.8. The predicted molar refractivity (Wildman–Crippen MR) is 73.8 cm³/mol. The van der Waals surface area contributed by atoms with Crippen LogP contribution in [-0.4, -0.2) is 33.0 Å². The van der Waals surface area contributed by atoms with Crippen molar-refractivity contribution in [1.82, 2.24) is 0 Å². The average Bonchev–Trinajstić information content (AvgIpc) is 2.38. The SMILES string of the molecule is BC(N)c1cc(C(=O)OCC)ccc1C(=O)OCC. The van der Waals surface area contributed by atoms with E-state index >= 15 is 0 Å². The zero-order chi connectivity index (χ0) is 14.4. The molecular weight excluding hydrogens is 245 g/mol. The zero-order valence-electron chi connectivity index (χ0n) is 11.4. The van der Waals surface area contributed by atoms with Gasteiger partial charge in [-0.2, -0.15) is 0 Å². The molecular formula is C13H18BNO4. The second-order valence-corrected chi connectivity index (χ2v) is 4.03. The van der Waals surface area contributed by atoms with Gasteiger partial charge in [-0.25, -0.2) is 9.59 Å². The summed E-state index contributed by atoms with van der Waals surface area (Å²) in [5, 5.41) is 0. The third kappa shape index (κ3) is 3.82. The van der Waals surface area contributed by atoms with Crippen LogP contribution in [0.1, 0.15) is 46.1 Å². The summed E-state index contributed by atoms with van der Waals surface area (Å²) >= 11 is 0. The van der Waals surface area contributed by atoms with Gasteiger partial charge in [0.1, 0.15) is 7.85 Å². The number of carbonyl (C=O) groups excluding carboxylic acids is 2. The van der Waals surface area contributed by atoms with E-state index in [-0.39, 0.29) is 12.5 Å². The van der Waals surface area contributed by atoms with E-state index in [1.165, 1.54) is 6.07 Å². The van der Waals surface area contributed by atoms with Gasteiger partial charge in [0.25, 0.3) is 0 Å². The molecule has 0 fully saturated rings. The lowest BCUT2D eigenvalue weighted by Crippen LogP contribution is -2.18. The minimum atomic E-state index is -0.440. The molecule has 0 aliphatic rings. The molecule has 0 spiro atoms. The standard InChI is InChI=1S/C13H18BNO4/c1-3-18-12(16)8-5-6-9(13(17)19-4-2)10(7-8)11(14)15/h5-7,11H,3-4,14-15H2,1-2H3. The van der Waals surface area contributed by atoms with E-state index in [0.717, 1.165) is 0 Å². The molecule has 0 aromatic heterocycles. The number of nitrogens with two attached hydrogens (primary N) is 1. The highest BCUT2D eigenvalue weighted by molar-refractivity contribution is 6.13. The van der Waals surface area contributed by atoms with Crippen LogP contribution >= 0.6 is 0 Å². The van der Waals surface area contributed by atoms with Gasteiger partial charge in [-0.3, -0.25) is 0 Å². The van der Waals surface area contributed by atoms with E-state index in [9.17, 15) is 9.59 Å². The van der Waals surface area contributed by atoms with Crippen LogP contribution in [0.4, 0.5) is 0 Å². The van der Waals surface area contributed by atoms with Crippen molar-refractivity contribution in [2.45, 2.75) is 19.8 Å². The fraction of sp³-hybridized carbons (Fsp3) is 0.385. The summed E-state index contributed by atoms with van der Waals surface area (Å²) in [5.41, 5.74) is 7.16. The first-order chi connectivity index (χ1) is 9.01. The van der Waals surface area contributed by atoms with Gasteiger partial charge in [0.2, 0.25) is 0 Å². The van der Waals surface area contributed by atoms with Crippen molar-refractivity contribution >= 4 is 19.8 Å². The van der Waals surface area contributed by atoms with Crippen molar-refractivity contribution in [3.05, 3.63) is 34.9 Å². The Balaban J connectivity index is 3.15. The Bertz CT molecular complexity index is 474. The van der Waals surface area contributed by atoms with E-state index in [4.69, 9.17) is 15.2 Å². The van der Waals surface area contributed by atoms with Gasteiger partial charge in [0, 0.05) is 0 Å². The lowest BCUT2D eigenvalue weighted by molar-refractivity contribution is 0.0510. The molecule has 5 nitrogen and oxygen atoms in total. The van der Waals surface area contributed by atoms with Gasteiger partial charge >= 0.3 is 11.9 Å². The fourth-order valence-electron chi connectivity index (χ4n) is 1.68. The first-order valence-corrected chi connectivity index (χ1v) is 6.25. The van der Waals surface area contributed by atoms with Crippen LogP contribution in [0.15, 0.2) is 18.2 Å². The molecule has 0 aliphatic carbocycles. The molecule has 0 bridgehead atoms. The number of rotatable bonds is 5. The Kier molecular flexibility index (Phi) is 5.57. The lowest BCUT2D eigenvalue weighted by atomic mass is 9.86. The topological polar surface area (TPSA) is 78.6 Å². The van der Waals surface area contributed by atoms with Crippen LogP contribution in [-0.2, 0) is 9.47 Å². The highest BCUT2D eigenvalue weighted by Gasteiger charge is 2.18. The molecule has 0 heterocycles. The molecule has 102 valence electrons. The van der Waals surface area contributed by atoms with Crippen LogP contribution < -0.4 is 5.73 Å². The molecule has 6 heteroatoms. The monoisotopic (exact) mass is 263 g/mol. The van der Waals surface area contributed by atoms with Crippen molar-refractivity contribution in [2.75, 3.05) is 13.2 Å². The minimum absolute atomic E-state index is 0.289. The third-order valence-corrected chi connectivity index (χ3v) is 2.55. The fourth-order valence-corrected chi connectivity index (χ4v) is 1.68. The van der Waals surface area contributed by atoms with E-state index in [2.05, 4.69) is 0 Å². The molecule has 0 aliphatic heterocycles. The van der Waals surface area contributed by atoms with Gasteiger partial charge in [0.15, 0.2) is 0 Å². The molecule has 1 atom stereocenters. The predicted octanol–water partition coefficient (Wildman–Crippen LogP) is 0.630. The molecule has 2 N–H and O–H groups in total. The van der Waals surface area contributed by atoms with E-state index in [1.807, 2.05) is 0 Å². The van der Waals surface area contributed by atoms with Gasteiger partial charge in [-0.15, -0.1) is 0 Å². The average molecular weight is 263 g/mol. The largest absolute Gasteiger partial charge is 0.462 e. The van der Waals surface area contributed by atoms with E-state index in [1.54, 1.807) is 33.8 Å². The first kappa shape index (κ1) is 15.2. The summed E-state index contributed by atoms with van der Waals surface area (Å²) < 4.78 is 9.87. The maximum absolute atomic E-state index is 11.8. The molecule has 1 unspecified atom stereocenters. The van der Waals surface area contributed by atoms with Crippen LogP contribution in [0.2, 0.25) is 0 Å². The Morgan fingerprint density at radius 3 is 2.32 bits per heavy atom. The number of hydrogen-bond acceptors (Lipinski definition) is 5. The molecule has 1 aromatic rings. The maximum Gasteiger partial charge on any atom is 0.338 e. The number of carbonyl (C=O) groups is 2. The van der Waals surface area contributed by atoms with Crippen LogP contribution in [0.3, 0.4) is 0 Å². The highest BCUT2D eigenvalue weighted by atomic mass is 16.5. The number of esters is 2. The highest BCUT2D eigenvalue weighted by Crippen LogP contribution is 2.18. The zero-order valence-corrected chi connectivity index (χ0v) is 11.4. The summed E-state index contributed by atoms with van der Waals surface area (Å²) in [7, 11) is 1.74. The van der Waals surface area contributed by atoms with Crippen molar-refractivity contribution in [2.24, 2.45) is 5.73 Å². The minimum Gasteiger partial charge on any atom is -0.462 e. The Labute approximate surface area is 113 Å². The van der Waals surface area contributed by atoms with Gasteiger partial charge < -0.3 is 15.2 Å². The summed E-state index contributed by atoms with van der Waals surface area (Å²) in [6.45, 7) is 4.05. The Morgan fingerprint density at radius 1 is 1.21 bits per heavy atom. The van der Waals surface area contributed by atoms with Gasteiger partial charge in [0.05, 0.1) is 24.3 Å². The summed E-state index contributed by atoms with van der Waals surface area (Å²) in [6.07, 6.45) is 0. The van der Waals surface area contributed by atoms with Crippen molar-refractivity contribution in [3.63, 3.8) is 0 Å². The summed E-state index contributed by atoms with van der Waals surface area (Å²) in [4.78, 5) is 23.4. The van der Waals surface area contributed by atoms with Gasteiger partial charge in [-0.1, -0.05) is 0 Å². The molecule has 0 radical (unpaired) electrons. The Morgan fingerprint density at radius 2 is 1.79 bits per heavy atom. The Hall–Kier alpha value is -1.82. The van der Waals surface area contributed by atoms with Crippen molar-refractivity contribution in [1.29, 1.82) is 0 Å². The molecule has 19 heavy (non-hydrogen) atoms. The normalized spacial score (nSPS) is 11.7. The number of benzene rings is 1. The van der Waals surface area contributed by atoms with E-state index < -0.39 is 11.9 Å². The third-order valence-electron chi connectivity index (χ3n) is 2.55. The van der Waals surface area contributed by atoms with Gasteiger partial charge in [-0.05, 0) is 43.6 Å². The van der Waals surface area contributed by atoms with Crippen molar-refractivity contribution < 1.29 is 19.1 Å². The molecule has 0 amide bonds. The first-order valence-electron chi connectivity index (χ1n) is 6.25. The second-order valence-electron chi connectivity index (χ2n) is 4.03. The second kappa shape index (κ2) is 6.94. The summed E-state index contributed by atoms with van der Waals surface area (Å²) in [6, 6.07) is 4.66. The quantitative estimate of drug-likeness (QED) is 0.622. The molecule has 0 saturated heterocycles. The molecule has 1 aromatic carbocycles. The van der Waals surface area contributed by atoms with Crippen molar-refractivity contribution in [3.8, 4) is 0 Å².